The minimum Gasteiger partial charge on any atom is -0.466 e. The van der Waals surface area contributed by atoms with Crippen LogP contribution in [0.2, 0.25) is 0 Å². The smallest absolute Gasteiger partial charge is 0.309 e. The lowest BCUT2D eigenvalue weighted by atomic mass is 9.97. The number of hydrogen-bond donors (Lipinski definition) is 1. The van der Waals surface area contributed by atoms with E-state index in [0.29, 0.717) is 13.2 Å². The highest BCUT2D eigenvalue weighted by Crippen LogP contribution is 2.19. The highest BCUT2D eigenvalue weighted by atomic mass is 127. The molecule has 1 aromatic rings. The van der Waals surface area contributed by atoms with E-state index in [-0.39, 0.29) is 35.9 Å². The molecule has 1 N–H and O–H groups in total. The van der Waals surface area contributed by atoms with Crippen LogP contribution < -0.4 is 10.2 Å². The van der Waals surface area contributed by atoms with E-state index in [4.69, 9.17) is 4.74 Å². The Morgan fingerprint density at radius 1 is 1.25 bits per heavy atom. The van der Waals surface area contributed by atoms with Gasteiger partial charge in [-0.3, -0.25) is 9.79 Å². The Morgan fingerprint density at radius 2 is 1.96 bits per heavy atom. The summed E-state index contributed by atoms with van der Waals surface area (Å²) in [5.74, 6) is 1.90. The molecule has 7 nitrogen and oxygen atoms in total. The average molecular weight is 501 g/mol. The number of carbonyl (C=O) groups excluding carboxylic acids is 1. The number of aromatic nitrogens is 1. The zero-order valence-corrected chi connectivity index (χ0v) is 19.2. The lowest BCUT2D eigenvalue weighted by Gasteiger charge is -2.33. The maximum absolute atomic E-state index is 11.9. The Kier molecular flexibility index (Phi) is 9.27. The third-order valence-electron chi connectivity index (χ3n) is 5.32. The van der Waals surface area contributed by atoms with E-state index in [1.165, 1.54) is 12.8 Å². The van der Waals surface area contributed by atoms with Crippen molar-refractivity contribution in [1.29, 1.82) is 0 Å². The molecule has 0 aromatic carbocycles. The molecule has 0 unspecified atom stereocenters. The summed E-state index contributed by atoms with van der Waals surface area (Å²) in [6.07, 6.45) is 6.08. The number of aliphatic imine (C=N–C) groups is 1. The second-order valence-corrected chi connectivity index (χ2v) is 7.13. The predicted molar refractivity (Wildman–Crippen MR) is 122 cm³/mol. The maximum atomic E-state index is 11.9. The first kappa shape index (κ1) is 22.7. The monoisotopic (exact) mass is 501 g/mol. The van der Waals surface area contributed by atoms with E-state index in [1.54, 1.807) is 7.05 Å². The van der Waals surface area contributed by atoms with Gasteiger partial charge >= 0.3 is 5.97 Å². The molecule has 8 heteroatoms. The predicted octanol–water partition coefficient (Wildman–Crippen LogP) is 2.65. The van der Waals surface area contributed by atoms with Gasteiger partial charge in [0.25, 0.3) is 0 Å². The van der Waals surface area contributed by atoms with Gasteiger partial charge in [-0.2, -0.15) is 0 Å². The van der Waals surface area contributed by atoms with Crippen molar-refractivity contribution >= 4 is 41.7 Å². The molecule has 156 valence electrons. The third kappa shape index (κ3) is 5.96. The Hall–Kier alpha value is -1.58. The summed E-state index contributed by atoms with van der Waals surface area (Å²) in [4.78, 5) is 25.4. The minimum absolute atomic E-state index is 0. The van der Waals surface area contributed by atoms with E-state index in [9.17, 15) is 4.79 Å². The van der Waals surface area contributed by atoms with E-state index in [1.807, 2.05) is 13.1 Å². The molecule has 0 aliphatic carbocycles. The van der Waals surface area contributed by atoms with Gasteiger partial charge in [0.05, 0.1) is 12.5 Å². The van der Waals surface area contributed by atoms with Crippen LogP contribution in [0, 0.1) is 5.92 Å². The van der Waals surface area contributed by atoms with Crippen LogP contribution in [0.1, 0.15) is 38.2 Å². The lowest BCUT2D eigenvalue weighted by molar-refractivity contribution is -0.149. The topological polar surface area (TPSA) is 70.1 Å². The van der Waals surface area contributed by atoms with Crippen molar-refractivity contribution in [2.75, 3.05) is 44.7 Å². The van der Waals surface area contributed by atoms with Gasteiger partial charge in [-0.1, -0.05) is 6.07 Å². The third-order valence-corrected chi connectivity index (χ3v) is 5.32. The summed E-state index contributed by atoms with van der Waals surface area (Å²) in [5.41, 5.74) is 1.14. The summed E-state index contributed by atoms with van der Waals surface area (Å²) < 4.78 is 5.14. The first-order valence-corrected chi connectivity index (χ1v) is 10.0. The molecule has 3 rings (SSSR count). The fourth-order valence-corrected chi connectivity index (χ4v) is 3.76. The molecule has 2 aliphatic rings. The van der Waals surface area contributed by atoms with Crippen molar-refractivity contribution in [1.82, 2.24) is 15.2 Å². The van der Waals surface area contributed by atoms with Crippen LogP contribution in [0.3, 0.4) is 0 Å². The van der Waals surface area contributed by atoms with E-state index >= 15 is 0 Å². The number of anilines is 1. The number of nitrogens with zero attached hydrogens (tertiary/aromatic N) is 4. The van der Waals surface area contributed by atoms with Crippen LogP contribution in [0.15, 0.2) is 23.3 Å². The molecule has 0 atom stereocenters. The lowest BCUT2D eigenvalue weighted by Crippen LogP contribution is -2.46. The zero-order chi connectivity index (χ0) is 19.1. The fraction of sp³-hybridized carbons (Fsp3) is 0.650. The van der Waals surface area contributed by atoms with Crippen molar-refractivity contribution in [2.45, 2.75) is 39.2 Å². The molecule has 0 radical (unpaired) electrons. The quantitative estimate of drug-likeness (QED) is 0.290. The van der Waals surface area contributed by atoms with Gasteiger partial charge in [-0.25, -0.2) is 4.98 Å². The van der Waals surface area contributed by atoms with Gasteiger partial charge in [0.2, 0.25) is 0 Å². The molecule has 0 bridgehead atoms. The standard InChI is InChI=1S/C20H31N5O2.HI/c1-3-27-19(26)17-8-12-25(13-9-17)20(21-2)23-15-16-6-7-18(22-14-16)24-10-4-5-11-24;/h6-7,14,17H,3-5,8-13,15H2,1-2H3,(H,21,23);1H. The van der Waals surface area contributed by atoms with Gasteiger partial charge in [0, 0.05) is 46.0 Å². The van der Waals surface area contributed by atoms with Crippen molar-refractivity contribution in [3.63, 3.8) is 0 Å². The van der Waals surface area contributed by atoms with Gasteiger partial charge in [-0.05, 0) is 44.2 Å². The number of carbonyl (C=O) groups is 1. The molecular formula is C20H32IN5O2. The number of likely N-dealkylation sites (tertiary alicyclic amines) is 1. The molecule has 3 heterocycles. The van der Waals surface area contributed by atoms with Gasteiger partial charge in [-0.15, -0.1) is 24.0 Å². The Bertz CT molecular complexity index is 639. The first-order valence-electron chi connectivity index (χ1n) is 10.0. The second-order valence-electron chi connectivity index (χ2n) is 7.13. The normalized spacial score (nSPS) is 18.0. The molecule has 2 fully saturated rings. The number of pyridine rings is 1. The SMILES string of the molecule is CCOC(=O)C1CCN(C(=NC)NCc2ccc(N3CCCC3)nc2)CC1.I. The van der Waals surface area contributed by atoms with E-state index in [0.717, 1.165) is 56.4 Å². The second kappa shape index (κ2) is 11.4. The number of esters is 1. The Labute approximate surface area is 184 Å². The van der Waals surface area contributed by atoms with Gasteiger partial charge in [0.1, 0.15) is 5.82 Å². The summed E-state index contributed by atoms with van der Waals surface area (Å²) in [7, 11) is 1.80. The van der Waals surface area contributed by atoms with Crippen molar-refractivity contribution in [3.8, 4) is 0 Å². The molecule has 0 amide bonds. The zero-order valence-electron chi connectivity index (χ0n) is 16.9. The molecule has 1 aromatic heterocycles. The van der Waals surface area contributed by atoms with Crippen LogP contribution in [-0.4, -0.2) is 61.6 Å². The number of rotatable bonds is 5. The summed E-state index contributed by atoms with van der Waals surface area (Å²) in [6, 6.07) is 4.24. The number of nitrogens with one attached hydrogen (secondary N) is 1. The summed E-state index contributed by atoms with van der Waals surface area (Å²) in [5, 5.41) is 3.42. The van der Waals surface area contributed by atoms with Crippen molar-refractivity contribution in [2.24, 2.45) is 10.9 Å². The maximum Gasteiger partial charge on any atom is 0.309 e. The Morgan fingerprint density at radius 3 is 2.54 bits per heavy atom. The number of halogens is 1. The minimum atomic E-state index is -0.0655. The van der Waals surface area contributed by atoms with Crippen LogP contribution in [-0.2, 0) is 16.1 Å². The van der Waals surface area contributed by atoms with Crippen LogP contribution in [0.4, 0.5) is 5.82 Å². The van der Waals surface area contributed by atoms with Crippen LogP contribution in [0.5, 0.6) is 0 Å². The van der Waals surface area contributed by atoms with E-state index in [2.05, 4.69) is 37.2 Å². The average Bonchev–Trinajstić information content (AvgIpc) is 3.24. The van der Waals surface area contributed by atoms with Gasteiger partial charge < -0.3 is 19.9 Å². The van der Waals surface area contributed by atoms with Gasteiger partial charge in [0.15, 0.2) is 5.96 Å². The number of ether oxygens (including phenoxy) is 1. The summed E-state index contributed by atoms with van der Waals surface area (Å²) in [6.45, 7) is 6.85. The number of hydrogen-bond acceptors (Lipinski definition) is 5. The van der Waals surface area contributed by atoms with Crippen molar-refractivity contribution in [3.05, 3.63) is 23.9 Å². The first-order chi connectivity index (χ1) is 13.2. The fourth-order valence-electron chi connectivity index (χ4n) is 3.76. The van der Waals surface area contributed by atoms with E-state index < -0.39 is 0 Å². The number of piperidine rings is 1. The largest absolute Gasteiger partial charge is 0.466 e. The van der Waals surface area contributed by atoms with Crippen LogP contribution >= 0.6 is 24.0 Å². The highest BCUT2D eigenvalue weighted by molar-refractivity contribution is 14.0. The number of guanidine groups is 1. The van der Waals surface area contributed by atoms with Crippen LogP contribution in [0.25, 0.3) is 0 Å². The molecule has 28 heavy (non-hydrogen) atoms. The highest BCUT2D eigenvalue weighted by Gasteiger charge is 2.27. The molecule has 0 spiro atoms. The molecular weight excluding hydrogens is 469 g/mol. The molecule has 2 saturated heterocycles. The summed E-state index contributed by atoms with van der Waals surface area (Å²) >= 11 is 0. The molecule has 0 saturated carbocycles. The molecule has 2 aliphatic heterocycles. The Balaban J connectivity index is 0.00000280. The van der Waals surface area contributed by atoms with Crippen molar-refractivity contribution < 1.29 is 9.53 Å².